The molecule has 1 aliphatic heterocycles. The van der Waals surface area contributed by atoms with Gasteiger partial charge in [0.2, 0.25) is 0 Å². The molecule has 1 saturated heterocycles. The molecule has 106 valence electrons. The van der Waals surface area contributed by atoms with Crippen molar-refractivity contribution in [3.8, 4) is 0 Å². The molecule has 0 aliphatic carbocycles. The van der Waals surface area contributed by atoms with Gasteiger partial charge in [0.05, 0.1) is 6.10 Å². The summed E-state index contributed by atoms with van der Waals surface area (Å²) in [5.41, 5.74) is 2.34. The van der Waals surface area contributed by atoms with Crippen molar-refractivity contribution in [2.24, 2.45) is 5.92 Å². The summed E-state index contributed by atoms with van der Waals surface area (Å²) in [5.74, 6) is 0.933. The third-order valence-corrected chi connectivity index (χ3v) is 4.34. The molecule has 1 aromatic rings. The lowest BCUT2D eigenvalue weighted by molar-refractivity contribution is 0.173. The standard InChI is InChI=1S/C17H27NO/c1-3-5-14-10-12-18(13-11-14)16-8-6-15(7-9-16)17(19)4-2/h6-9,14,17,19H,3-5,10-13H2,1-2H3/t17-/m0/s1. The van der Waals surface area contributed by atoms with E-state index in [2.05, 4.69) is 36.1 Å². The van der Waals surface area contributed by atoms with E-state index in [4.69, 9.17) is 0 Å². The monoisotopic (exact) mass is 261 g/mol. The predicted octanol–water partition coefficient (Wildman–Crippen LogP) is 4.15. The number of rotatable bonds is 5. The molecule has 0 bridgehead atoms. The first-order valence-electron chi connectivity index (χ1n) is 7.77. The van der Waals surface area contributed by atoms with Crippen molar-refractivity contribution in [2.45, 2.75) is 52.1 Å². The number of aliphatic hydroxyl groups is 1. The Hall–Kier alpha value is -1.02. The van der Waals surface area contributed by atoms with Crippen LogP contribution in [0.2, 0.25) is 0 Å². The second-order valence-electron chi connectivity index (χ2n) is 5.73. The Balaban J connectivity index is 1.92. The fourth-order valence-corrected chi connectivity index (χ4v) is 3.03. The molecule has 0 radical (unpaired) electrons. The Labute approximate surface area is 117 Å². The van der Waals surface area contributed by atoms with Gasteiger partial charge in [-0.25, -0.2) is 0 Å². The van der Waals surface area contributed by atoms with Crippen LogP contribution in [0.15, 0.2) is 24.3 Å². The minimum Gasteiger partial charge on any atom is -0.388 e. The lowest BCUT2D eigenvalue weighted by Gasteiger charge is -2.33. The number of nitrogens with zero attached hydrogens (tertiary/aromatic N) is 1. The van der Waals surface area contributed by atoms with E-state index in [1.165, 1.54) is 44.5 Å². The van der Waals surface area contributed by atoms with Crippen molar-refractivity contribution in [3.63, 3.8) is 0 Å². The van der Waals surface area contributed by atoms with Crippen LogP contribution in [0.1, 0.15) is 57.6 Å². The third-order valence-electron chi connectivity index (χ3n) is 4.34. The number of hydrogen-bond acceptors (Lipinski definition) is 2. The summed E-state index contributed by atoms with van der Waals surface area (Å²) in [7, 11) is 0. The van der Waals surface area contributed by atoms with Crippen molar-refractivity contribution in [3.05, 3.63) is 29.8 Å². The molecule has 1 aromatic carbocycles. The summed E-state index contributed by atoms with van der Waals surface area (Å²) >= 11 is 0. The van der Waals surface area contributed by atoms with Gasteiger partial charge in [-0.3, -0.25) is 0 Å². The second kappa shape index (κ2) is 6.95. The maximum atomic E-state index is 9.81. The number of aliphatic hydroxyl groups excluding tert-OH is 1. The fraction of sp³-hybridized carbons (Fsp3) is 0.647. The first-order valence-corrected chi connectivity index (χ1v) is 7.77. The second-order valence-corrected chi connectivity index (χ2v) is 5.73. The lowest BCUT2D eigenvalue weighted by atomic mass is 9.92. The predicted molar refractivity (Wildman–Crippen MR) is 81.5 cm³/mol. The smallest absolute Gasteiger partial charge is 0.0787 e. The van der Waals surface area contributed by atoms with Crippen molar-refractivity contribution in [2.75, 3.05) is 18.0 Å². The molecular weight excluding hydrogens is 234 g/mol. The maximum Gasteiger partial charge on any atom is 0.0787 e. The van der Waals surface area contributed by atoms with E-state index in [0.717, 1.165) is 17.9 Å². The molecule has 1 atom stereocenters. The minimum absolute atomic E-state index is 0.315. The van der Waals surface area contributed by atoms with Gasteiger partial charge in [-0.2, -0.15) is 0 Å². The Morgan fingerprint density at radius 3 is 2.32 bits per heavy atom. The van der Waals surface area contributed by atoms with Crippen LogP contribution in [0.4, 0.5) is 5.69 Å². The van der Waals surface area contributed by atoms with Gasteiger partial charge in [0.25, 0.3) is 0 Å². The van der Waals surface area contributed by atoms with Gasteiger partial charge in [0, 0.05) is 18.8 Å². The van der Waals surface area contributed by atoms with Crippen LogP contribution in [-0.4, -0.2) is 18.2 Å². The minimum atomic E-state index is -0.315. The van der Waals surface area contributed by atoms with Crippen LogP contribution in [0.3, 0.4) is 0 Å². The summed E-state index contributed by atoms with van der Waals surface area (Å²) in [6.07, 6.45) is 5.82. The highest BCUT2D eigenvalue weighted by Gasteiger charge is 2.18. The summed E-state index contributed by atoms with van der Waals surface area (Å²) in [5, 5.41) is 9.81. The SMILES string of the molecule is CCCC1CCN(c2ccc([C@@H](O)CC)cc2)CC1. The lowest BCUT2D eigenvalue weighted by Crippen LogP contribution is -2.33. The van der Waals surface area contributed by atoms with Gasteiger partial charge < -0.3 is 10.0 Å². The highest BCUT2D eigenvalue weighted by atomic mass is 16.3. The van der Waals surface area contributed by atoms with E-state index in [1.54, 1.807) is 0 Å². The summed E-state index contributed by atoms with van der Waals surface area (Å²) in [6, 6.07) is 8.46. The van der Waals surface area contributed by atoms with Gasteiger partial charge in [0.15, 0.2) is 0 Å². The Kier molecular flexibility index (Phi) is 5.26. The highest BCUT2D eigenvalue weighted by molar-refractivity contribution is 5.48. The van der Waals surface area contributed by atoms with Crippen molar-refractivity contribution < 1.29 is 5.11 Å². The quantitative estimate of drug-likeness (QED) is 0.861. The van der Waals surface area contributed by atoms with Crippen molar-refractivity contribution in [1.29, 1.82) is 0 Å². The summed E-state index contributed by atoms with van der Waals surface area (Å²) < 4.78 is 0. The Morgan fingerprint density at radius 2 is 1.79 bits per heavy atom. The molecule has 0 saturated carbocycles. The zero-order valence-corrected chi connectivity index (χ0v) is 12.3. The normalized spacial score (nSPS) is 18.6. The van der Waals surface area contributed by atoms with E-state index in [1.807, 2.05) is 6.92 Å². The van der Waals surface area contributed by atoms with E-state index in [0.29, 0.717) is 0 Å². The van der Waals surface area contributed by atoms with Crippen LogP contribution in [0.5, 0.6) is 0 Å². The summed E-state index contributed by atoms with van der Waals surface area (Å²) in [6.45, 7) is 6.65. The van der Waals surface area contributed by atoms with Gasteiger partial charge in [-0.15, -0.1) is 0 Å². The van der Waals surface area contributed by atoms with Crippen LogP contribution in [-0.2, 0) is 0 Å². The molecule has 0 spiro atoms. The Morgan fingerprint density at radius 1 is 1.16 bits per heavy atom. The van der Waals surface area contributed by atoms with Gasteiger partial charge in [0.1, 0.15) is 0 Å². The fourth-order valence-electron chi connectivity index (χ4n) is 3.03. The van der Waals surface area contributed by atoms with Crippen molar-refractivity contribution >= 4 is 5.69 Å². The largest absolute Gasteiger partial charge is 0.388 e. The number of benzene rings is 1. The molecule has 0 aromatic heterocycles. The zero-order chi connectivity index (χ0) is 13.7. The third kappa shape index (κ3) is 3.73. The molecule has 0 amide bonds. The average Bonchev–Trinajstić information content (AvgIpc) is 2.48. The molecule has 2 rings (SSSR count). The van der Waals surface area contributed by atoms with Crippen LogP contribution < -0.4 is 4.90 Å². The average molecular weight is 261 g/mol. The van der Waals surface area contributed by atoms with Gasteiger partial charge in [-0.05, 0) is 42.9 Å². The summed E-state index contributed by atoms with van der Waals surface area (Å²) in [4.78, 5) is 2.48. The molecular formula is C17H27NO. The zero-order valence-electron chi connectivity index (χ0n) is 12.3. The molecule has 1 fully saturated rings. The molecule has 2 heteroatoms. The van der Waals surface area contributed by atoms with E-state index >= 15 is 0 Å². The highest BCUT2D eigenvalue weighted by Crippen LogP contribution is 2.27. The first-order chi connectivity index (χ1) is 9.24. The van der Waals surface area contributed by atoms with E-state index < -0.39 is 0 Å². The van der Waals surface area contributed by atoms with Crippen LogP contribution >= 0.6 is 0 Å². The number of anilines is 1. The molecule has 0 unspecified atom stereocenters. The van der Waals surface area contributed by atoms with E-state index in [-0.39, 0.29) is 6.10 Å². The molecule has 2 nitrogen and oxygen atoms in total. The molecule has 1 aliphatic rings. The van der Waals surface area contributed by atoms with Crippen molar-refractivity contribution in [1.82, 2.24) is 0 Å². The van der Waals surface area contributed by atoms with Crippen LogP contribution in [0.25, 0.3) is 0 Å². The number of hydrogen-bond donors (Lipinski definition) is 1. The molecule has 19 heavy (non-hydrogen) atoms. The topological polar surface area (TPSA) is 23.5 Å². The van der Waals surface area contributed by atoms with Crippen LogP contribution in [0, 0.1) is 5.92 Å². The first kappa shape index (κ1) is 14.4. The van der Waals surface area contributed by atoms with Gasteiger partial charge >= 0.3 is 0 Å². The van der Waals surface area contributed by atoms with Gasteiger partial charge in [-0.1, -0.05) is 38.8 Å². The Bertz CT molecular complexity index is 365. The molecule has 1 N–H and O–H groups in total. The maximum absolute atomic E-state index is 9.81. The number of piperidine rings is 1. The van der Waals surface area contributed by atoms with E-state index in [9.17, 15) is 5.11 Å². The molecule has 1 heterocycles.